The Morgan fingerprint density at radius 3 is 2.07 bits per heavy atom. The summed E-state index contributed by atoms with van der Waals surface area (Å²) in [6, 6.07) is 59.1. The van der Waals surface area contributed by atoms with Crippen LogP contribution in [0.2, 0.25) is 0 Å². The molecule has 0 bridgehead atoms. The maximum atomic E-state index is 6.39. The Labute approximate surface area is 266 Å². The molecule has 214 valence electrons. The minimum Gasteiger partial charge on any atom is -0.456 e. The number of rotatable bonds is 3. The summed E-state index contributed by atoms with van der Waals surface area (Å²) in [7, 11) is 0. The summed E-state index contributed by atoms with van der Waals surface area (Å²) in [6.07, 6.45) is 0. The fraction of sp³-hybridized carbons (Fsp3) is 0. The van der Waals surface area contributed by atoms with Gasteiger partial charge in [-0.05, 0) is 69.4 Å². The SMILES string of the molecule is c1cc(-c2ccc3c(c2)-c2cccc4cccc(c24)O3)cc(-c2ccccc2-n2c3ccccc3c3ccc4ccccc4c32)c1. The number of para-hydroxylation sites is 2. The summed E-state index contributed by atoms with van der Waals surface area (Å²) in [5.41, 5.74) is 10.7. The summed E-state index contributed by atoms with van der Waals surface area (Å²) < 4.78 is 8.85. The largest absolute Gasteiger partial charge is 0.456 e. The lowest BCUT2D eigenvalue weighted by molar-refractivity contribution is 0.487. The molecule has 46 heavy (non-hydrogen) atoms. The van der Waals surface area contributed by atoms with Gasteiger partial charge < -0.3 is 9.30 Å². The smallest absolute Gasteiger partial charge is 0.135 e. The number of nitrogens with zero attached hydrogens (tertiary/aromatic N) is 1. The topological polar surface area (TPSA) is 14.2 Å². The second-order valence-electron chi connectivity index (χ2n) is 12.1. The normalized spacial score (nSPS) is 12.1. The molecule has 2 heterocycles. The number of aromatic nitrogens is 1. The molecular weight excluding hydrogens is 558 g/mol. The molecule has 10 rings (SSSR count). The van der Waals surface area contributed by atoms with Crippen LogP contribution in [-0.2, 0) is 0 Å². The molecule has 0 radical (unpaired) electrons. The third kappa shape index (κ3) is 3.65. The van der Waals surface area contributed by atoms with Crippen LogP contribution in [0.1, 0.15) is 0 Å². The fourth-order valence-electron chi connectivity index (χ4n) is 7.50. The summed E-state index contributed by atoms with van der Waals surface area (Å²) in [5, 5.41) is 7.41. The number of benzene rings is 8. The highest BCUT2D eigenvalue weighted by Crippen LogP contribution is 2.48. The molecule has 2 heteroatoms. The van der Waals surface area contributed by atoms with Crippen molar-refractivity contribution in [3.8, 4) is 50.6 Å². The molecule has 1 aromatic heterocycles. The van der Waals surface area contributed by atoms with Crippen LogP contribution in [0, 0.1) is 0 Å². The molecule has 0 fully saturated rings. The van der Waals surface area contributed by atoms with Crippen molar-refractivity contribution in [3.63, 3.8) is 0 Å². The van der Waals surface area contributed by atoms with E-state index in [2.05, 4.69) is 168 Å². The van der Waals surface area contributed by atoms with Gasteiger partial charge in [-0.2, -0.15) is 0 Å². The van der Waals surface area contributed by atoms with Crippen molar-refractivity contribution in [2.75, 3.05) is 0 Å². The Bertz CT molecular complexity index is 2670. The molecule has 0 saturated carbocycles. The van der Waals surface area contributed by atoms with Crippen molar-refractivity contribution in [1.82, 2.24) is 4.57 Å². The first-order valence-corrected chi connectivity index (χ1v) is 15.8. The van der Waals surface area contributed by atoms with E-state index in [1.807, 2.05) is 0 Å². The van der Waals surface area contributed by atoms with Crippen LogP contribution in [0.4, 0.5) is 0 Å². The van der Waals surface area contributed by atoms with Gasteiger partial charge in [-0.3, -0.25) is 0 Å². The van der Waals surface area contributed by atoms with E-state index in [-0.39, 0.29) is 0 Å². The molecule has 9 aromatic rings. The van der Waals surface area contributed by atoms with Gasteiger partial charge in [-0.25, -0.2) is 0 Å². The van der Waals surface area contributed by atoms with E-state index in [4.69, 9.17) is 4.74 Å². The average Bonchev–Trinajstić information content (AvgIpc) is 3.47. The molecule has 1 aliphatic heterocycles. The lowest BCUT2D eigenvalue weighted by Gasteiger charge is -2.22. The van der Waals surface area contributed by atoms with E-state index in [0.717, 1.165) is 17.1 Å². The minimum absolute atomic E-state index is 0.898. The Morgan fingerprint density at radius 2 is 1.11 bits per heavy atom. The molecular formula is C44H27NO. The number of fused-ring (bicyclic) bond motifs is 7. The first-order valence-electron chi connectivity index (χ1n) is 15.8. The zero-order valence-corrected chi connectivity index (χ0v) is 24.9. The van der Waals surface area contributed by atoms with E-state index in [1.165, 1.54) is 76.9 Å². The lowest BCUT2D eigenvalue weighted by atomic mass is 9.91. The zero-order valence-electron chi connectivity index (χ0n) is 24.9. The summed E-state index contributed by atoms with van der Waals surface area (Å²) in [6.45, 7) is 0. The van der Waals surface area contributed by atoms with Gasteiger partial charge in [0.1, 0.15) is 11.5 Å². The van der Waals surface area contributed by atoms with Gasteiger partial charge >= 0.3 is 0 Å². The molecule has 0 spiro atoms. The maximum absolute atomic E-state index is 6.39. The van der Waals surface area contributed by atoms with E-state index in [9.17, 15) is 0 Å². The zero-order chi connectivity index (χ0) is 30.2. The summed E-state index contributed by atoms with van der Waals surface area (Å²) >= 11 is 0. The van der Waals surface area contributed by atoms with Crippen molar-refractivity contribution in [2.24, 2.45) is 0 Å². The van der Waals surface area contributed by atoms with Crippen molar-refractivity contribution < 1.29 is 4.74 Å². The van der Waals surface area contributed by atoms with Crippen LogP contribution in [0.5, 0.6) is 11.5 Å². The van der Waals surface area contributed by atoms with Crippen molar-refractivity contribution >= 4 is 43.4 Å². The van der Waals surface area contributed by atoms with Crippen molar-refractivity contribution in [2.45, 2.75) is 0 Å². The Morgan fingerprint density at radius 1 is 0.391 bits per heavy atom. The molecule has 0 aliphatic carbocycles. The minimum atomic E-state index is 0.898. The maximum Gasteiger partial charge on any atom is 0.135 e. The van der Waals surface area contributed by atoms with Crippen LogP contribution in [0.3, 0.4) is 0 Å². The highest BCUT2D eigenvalue weighted by atomic mass is 16.5. The van der Waals surface area contributed by atoms with Crippen LogP contribution in [-0.4, -0.2) is 4.57 Å². The molecule has 2 nitrogen and oxygen atoms in total. The summed E-state index contributed by atoms with van der Waals surface area (Å²) in [4.78, 5) is 0. The Hall–Kier alpha value is -6.12. The molecule has 0 atom stereocenters. The van der Waals surface area contributed by atoms with Crippen LogP contribution in [0.25, 0.3) is 82.4 Å². The van der Waals surface area contributed by atoms with Gasteiger partial charge in [0, 0.05) is 32.7 Å². The number of hydrogen-bond acceptors (Lipinski definition) is 1. The second-order valence-corrected chi connectivity index (χ2v) is 12.1. The number of hydrogen-bond donors (Lipinski definition) is 0. The first-order chi connectivity index (χ1) is 22.8. The van der Waals surface area contributed by atoms with Gasteiger partial charge in [0.05, 0.1) is 16.7 Å². The van der Waals surface area contributed by atoms with E-state index in [1.54, 1.807) is 0 Å². The highest BCUT2D eigenvalue weighted by molar-refractivity contribution is 6.19. The standard InChI is InChI=1S/C44H27NO/c1-2-16-34-28(10-1)22-24-37-35-17-4-6-20-40(35)45(44(34)37)39-19-5-3-15-33(39)32-14-7-13-30(26-32)31-23-25-41-38(27-31)36-18-8-11-29-12-9-21-42(46-41)43(29)36/h1-27H. The monoisotopic (exact) mass is 585 g/mol. The van der Waals surface area contributed by atoms with Crippen molar-refractivity contribution in [1.29, 1.82) is 0 Å². The molecule has 8 aromatic carbocycles. The summed E-state index contributed by atoms with van der Waals surface area (Å²) in [5.74, 6) is 1.82. The molecule has 0 unspecified atom stereocenters. The van der Waals surface area contributed by atoms with Crippen molar-refractivity contribution in [3.05, 3.63) is 164 Å². The first kappa shape index (κ1) is 25.2. The Kier molecular flexibility index (Phi) is 5.31. The van der Waals surface area contributed by atoms with Gasteiger partial charge in [0.2, 0.25) is 0 Å². The van der Waals surface area contributed by atoms with Gasteiger partial charge in [0.15, 0.2) is 0 Å². The quantitative estimate of drug-likeness (QED) is 0.201. The number of ether oxygens (including phenoxy) is 1. The lowest BCUT2D eigenvalue weighted by Crippen LogP contribution is -1.98. The van der Waals surface area contributed by atoms with E-state index in [0.29, 0.717) is 0 Å². The van der Waals surface area contributed by atoms with Gasteiger partial charge in [-0.1, -0.05) is 127 Å². The average molecular weight is 586 g/mol. The van der Waals surface area contributed by atoms with Crippen LogP contribution < -0.4 is 4.74 Å². The molecule has 1 aliphatic rings. The second kappa shape index (κ2) is 9.69. The predicted octanol–water partition coefficient (Wildman–Crippen LogP) is 12.2. The van der Waals surface area contributed by atoms with E-state index < -0.39 is 0 Å². The van der Waals surface area contributed by atoms with Crippen LogP contribution >= 0.6 is 0 Å². The molecule has 0 N–H and O–H groups in total. The van der Waals surface area contributed by atoms with Crippen LogP contribution in [0.15, 0.2) is 164 Å². The molecule has 0 saturated heterocycles. The molecule has 0 amide bonds. The Balaban J connectivity index is 1.16. The predicted molar refractivity (Wildman–Crippen MR) is 192 cm³/mol. The van der Waals surface area contributed by atoms with Gasteiger partial charge in [0.25, 0.3) is 0 Å². The van der Waals surface area contributed by atoms with E-state index >= 15 is 0 Å². The fourth-order valence-corrected chi connectivity index (χ4v) is 7.50. The third-order valence-electron chi connectivity index (χ3n) is 9.57. The highest BCUT2D eigenvalue weighted by Gasteiger charge is 2.21. The third-order valence-corrected chi connectivity index (χ3v) is 9.57. The van der Waals surface area contributed by atoms with Gasteiger partial charge in [-0.15, -0.1) is 0 Å².